The van der Waals surface area contributed by atoms with E-state index in [9.17, 15) is 13.2 Å². The van der Waals surface area contributed by atoms with Crippen molar-refractivity contribution in [1.82, 2.24) is 9.88 Å². The molecule has 8 heteroatoms. The maximum atomic E-state index is 13.1. The van der Waals surface area contributed by atoms with E-state index in [0.717, 1.165) is 34.3 Å². The van der Waals surface area contributed by atoms with Crippen molar-refractivity contribution in [3.05, 3.63) is 58.1 Å². The maximum Gasteiger partial charge on any atom is 0.255 e. The van der Waals surface area contributed by atoms with Crippen LogP contribution in [0, 0.1) is 0 Å². The van der Waals surface area contributed by atoms with Crippen LogP contribution in [-0.4, -0.2) is 43.6 Å². The van der Waals surface area contributed by atoms with E-state index < -0.39 is 9.84 Å². The van der Waals surface area contributed by atoms with Crippen LogP contribution in [-0.2, 0) is 9.84 Å². The molecule has 0 radical (unpaired) electrons. The van der Waals surface area contributed by atoms with Gasteiger partial charge in [0.25, 0.3) is 5.91 Å². The maximum absolute atomic E-state index is 13.1. The number of piperidine rings is 1. The number of benzene rings is 2. The molecule has 0 bridgehead atoms. The van der Waals surface area contributed by atoms with E-state index in [1.165, 1.54) is 18.2 Å². The van der Waals surface area contributed by atoms with E-state index in [4.69, 9.17) is 16.6 Å². The monoisotopic (exact) mass is 434 g/mol. The van der Waals surface area contributed by atoms with Crippen LogP contribution in [0.2, 0.25) is 5.02 Å². The van der Waals surface area contributed by atoms with E-state index in [2.05, 4.69) is 6.07 Å². The molecule has 1 aliphatic heterocycles. The zero-order chi connectivity index (χ0) is 19.9. The van der Waals surface area contributed by atoms with Crippen LogP contribution in [0.4, 0.5) is 0 Å². The number of aromatic nitrogens is 1. The zero-order valence-corrected chi connectivity index (χ0v) is 17.6. The van der Waals surface area contributed by atoms with Crippen LogP contribution >= 0.6 is 22.9 Å². The molecular weight excluding hydrogens is 416 g/mol. The summed E-state index contributed by atoms with van der Waals surface area (Å²) in [5, 5.41) is 1.30. The second kappa shape index (κ2) is 7.46. The summed E-state index contributed by atoms with van der Waals surface area (Å²) in [5.74, 6) is -0.0618. The Morgan fingerprint density at radius 1 is 1.25 bits per heavy atom. The van der Waals surface area contributed by atoms with E-state index in [-0.39, 0.29) is 27.3 Å². The van der Waals surface area contributed by atoms with Gasteiger partial charge in [-0.1, -0.05) is 23.7 Å². The number of sulfone groups is 1. The van der Waals surface area contributed by atoms with Gasteiger partial charge in [0.05, 0.1) is 30.7 Å². The molecule has 0 saturated carbocycles. The highest BCUT2D eigenvalue weighted by Crippen LogP contribution is 2.34. The molecule has 0 spiro atoms. The SMILES string of the molecule is CS(=O)(=O)c1ccc(Cl)c(C(=O)N2CCCC(c3nc4ccccc4s3)C2)c1. The molecule has 5 nitrogen and oxygen atoms in total. The third-order valence-corrected chi connectivity index (χ3v) is 7.60. The summed E-state index contributed by atoms with van der Waals surface area (Å²) in [5.41, 5.74) is 1.21. The summed E-state index contributed by atoms with van der Waals surface area (Å²) in [7, 11) is -3.41. The Morgan fingerprint density at radius 2 is 2.04 bits per heavy atom. The second-order valence-electron chi connectivity index (χ2n) is 7.02. The van der Waals surface area contributed by atoms with Gasteiger partial charge in [0.15, 0.2) is 9.84 Å². The third-order valence-electron chi connectivity index (χ3n) is 4.96. The van der Waals surface area contributed by atoms with Gasteiger partial charge >= 0.3 is 0 Å². The fraction of sp³-hybridized carbons (Fsp3) is 0.300. The molecule has 1 saturated heterocycles. The number of carbonyl (C=O) groups is 1. The van der Waals surface area contributed by atoms with Crippen molar-refractivity contribution < 1.29 is 13.2 Å². The first-order valence-corrected chi connectivity index (χ1v) is 12.1. The van der Waals surface area contributed by atoms with Gasteiger partial charge in [0.1, 0.15) is 0 Å². The van der Waals surface area contributed by atoms with Gasteiger partial charge in [-0.2, -0.15) is 0 Å². The normalized spacial score (nSPS) is 17.8. The predicted molar refractivity (Wildman–Crippen MR) is 112 cm³/mol. The van der Waals surface area contributed by atoms with Crippen LogP contribution in [0.3, 0.4) is 0 Å². The van der Waals surface area contributed by atoms with Crippen LogP contribution in [0.1, 0.15) is 34.1 Å². The number of amides is 1. The van der Waals surface area contributed by atoms with Gasteiger partial charge in [-0.25, -0.2) is 13.4 Å². The molecule has 0 N–H and O–H groups in total. The summed E-state index contributed by atoms with van der Waals surface area (Å²) < 4.78 is 24.8. The van der Waals surface area contributed by atoms with Gasteiger partial charge in [-0.3, -0.25) is 4.79 Å². The Hall–Kier alpha value is -1.96. The smallest absolute Gasteiger partial charge is 0.255 e. The largest absolute Gasteiger partial charge is 0.338 e. The zero-order valence-electron chi connectivity index (χ0n) is 15.3. The Balaban J connectivity index is 1.60. The molecule has 146 valence electrons. The van der Waals surface area contributed by atoms with E-state index >= 15 is 0 Å². The van der Waals surface area contributed by atoms with Crippen molar-refractivity contribution >= 4 is 48.9 Å². The number of fused-ring (bicyclic) bond motifs is 1. The van der Waals surface area contributed by atoms with Crippen molar-refractivity contribution in [1.29, 1.82) is 0 Å². The first kappa shape index (κ1) is 19.4. The van der Waals surface area contributed by atoms with Crippen LogP contribution in [0.25, 0.3) is 10.2 Å². The summed E-state index contributed by atoms with van der Waals surface area (Å²) >= 11 is 7.88. The quantitative estimate of drug-likeness (QED) is 0.613. The van der Waals surface area contributed by atoms with Crippen LogP contribution in [0.5, 0.6) is 0 Å². The number of nitrogens with zero attached hydrogens (tertiary/aromatic N) is 2. The molecule has 1 amide bonds. The summed E-state index contributed by atoms with van der Waals surface area (Å²) in [4.78, 5) is 19.7. The summed E-state index contributed by atoms with van der Waals surface area (Å²) in [6.45, 7) is 1.18. The van der Waals surface area contributed by atoms with Gasteiger partial charge in [0, 0.05) is 25.3 Å². The molecule has 2 aromatic carbocycles. The number of halogens is 1. The van der Waals surface area contributed by atoms with Gasteiger partial charge < -0.3 is 4.90 Å². The Kier molecular flexibility index (Phi) is 5.16. The Morgan fingerprint density at radius 3 is 2.79 bits per heavy atom. The van der Waals surface area contributed by atoms with Crippen molar-refractivity contribution in [2.45, 2.75) is 23.7 Å². The minimum Gasteiger partial charge on any atom is -0.338 e. The lowest BCUT2D eigenvalue weighted by Gasteiger charge is -2.32. The molecule has 2 heterocycles. The number of hydrogen-bond donors (Lipinski definition) is 0. The van der Waals surface area contributed by atoms with Crippen molar-refractivity contribution in [2.24, 2.45) is 0 Å². The average molecular weight is 435 g/mol. The van der Waals surface area contributed by atoms with Crippen LogP contribution < -0.4 is 0 Å². The number of hydrogen-bond acceptors (Lipinski definition) is 5. The highest BCUT2D eigenvalue weighted by atomic mass is 35.5. The lowest BCUT2D eigenvalue weighted by atomic mass is 9.98. The highest BCUT2D eigenvalue weighted by Gasteiger charge is 2.29. The minimum absolute atomic E-state index is 0.0972. The first-order valence-electron chi connectivity index (χ1n) is 8.97. The topological polar surface area (TPSA) is 67.3 Å². The molecule has 1 unspecified atom stereocenters. The molecule has 3 aromatic rings. The fourth-order valence-corrected chi connectivity index (χ4v) is 5.44. The van der Waals surface area contributed by atoms with Gasteiger partial charge in [-0.05, 0) is 43.2 Å². The molecule has 1 atom stereocenters. The molecule has 1 fully saturated rings. The summed E-state index contributed by atoms with van der Waals surface area (Å²) in [6, 6.07) is 12.3. The number of rotatable bonds is 3. The molecule has 28 heavy (non-hydrogen) atoms. The molecule has 4 rings (SSSR count). The van der Waals surface area contributed by atoms with Gasteiger partial charge in [-0.15, -0.1) is 11.3 Å². The number of para-hydroxylation sites is 1. The third kappa shape index (κ3) is 3.79. The van der Waals surface area contributed by atoms with E-state index in [1.54, 1.807) is 16.2 Å². The lowest BCUT2D eigenvalue weighted by Crippen LogP contribution is -2.39. The van der Waals surface area contributed by atoms with Crippen molar-refractivity contribution in [3.63, 3.8) is 0 Å². The second-order valence-corrected chi connectivity index (χ2v) is 10.5. The van der Waals surface area contributed by atoms with E-state index in [1.807, 2.05) is 18.2 Å². The molecule has 1 aromatic heterocycles. The summed E-state index contributed by atoms with van der Waals surface area (Å²) in [6.07, 6.45) is 2.96. The Labute approximate surface area is 172 Å². The molecular formula is C20H19ClN2O3S2. The van der Waals surface area contributed by atoms with Crippen molar-refractivity contribution in [3.8, 4) is 0 Å². The van der Waals surface area contributed by atoms with E-state index in [0.29, 0.717) is 13.1 Å². The van der Waals surface area contributed by atoms with Crippen LogP contribution in [0.15, 0.2) is 47.4 Å². The average Bonchev–Trinajstić information content (AvgIpc) is 3.11. The number of carbonyl (C=O) groups excluding carboxylic acids is 1. The number of thiazole rings is 1. The molecule has 0 aliphatic carbocycles. The lowest BCUT2D eigenvalue weighted by molar-refractivity contribution is 0.0707. The molecule has 1 aliphatic rings. The fourth-order valence-electron chi connectivity index (χ4n) is 3.50. The minimum atomic E-state index is -3.41. The van der Waals surface area contributed by atoms with Crippen molar-refractivity contribution in [2.75, 3.05) is 19.3 Å². The Bertz CT molecular complexity index is 1120. The highest BCUT2D eigenvalue weighted by molar-refractivity contribution is 7.90. The predicted octanol–water partition coefficient (Wildman–Crippen LogP) is 4.37. The van der Waals surface area contributed by atoms with Gasteiger partial charge in [0.2, 0.25) is 0 Å². The first-order chi connectivity index (χ1) is 13.3. The standard InChI is InChI=1S/C20H19ClN2O3S2/c1-28(25,26)14-8-9-16(21)15(11-14)20(24)23-10-4-5-13(12-23)19-22-17-6-2-3-7-18(17)27-19/h2-3,6-9,11,13H,4-5,10,12H2,1H3. The number of likely N-dealkylation sites (tertiary alicyclic amines) is 1.